The van der Waals surface area contributed by atoms with Gasteiger partial charge in [0, 0.05) is 11.1 Å². The van der Waals surface area contributed by atoms with Crippen LogP contribution in [-0.2, 0) is 0 Å². The van der Waals surface area contributed by atoms with Gasteiger partial charge in [0.25, 0.3) is 0 Å². The number of rotatable bonds is 6. The summed E-state index contributed by atoms with van der Waals surface area (Å²) in [6, 6.07) is 5.24. The van der Waals surface area contributed by atoms with E-state index in [1.54, 1.807) is 18.2 Å². The number of nitrogens with one attached hydrogen (secondary N) is 1. The maximum absolute atomic E-state index is 5.98. The number of halogens is 2. The van der Waals surface area contributed by atoms with Gasteiger partial charge in [0.2, 0.25) is 0 Å². The second-order valence-corrected chi connectivity index (χ2v) is 4.72. The zero-order valence-electron chi connectivity index (χ0n) is 9.59. The van der Waals surface area contributed by atoms with Gasteiger partial charge in [-0.2, -0.15) is 0 Å². The van der Waals surface area contributed by atoms with E-state index in [-0.39, 0.29) is 0 Å². The maximum Gasteiger partial charge on any atom is 0.139 e. The Kier molecular flexibility index (Phi) is 5.96. The molecule has 0 aromatic heterocycles. The molecule has 16 heavy (non-hydrogen) atoms. The molecule has 0 fully saturated rings. The lowest BCUT2D eigenvalue weighted by molar-refractivity contribution is 0.282. The molecule has 1 atom stereocenters. The SMILES string of the molecule is CNCC(C)CCOc1cc(Cl)ccc1Cl. The second kappa shape index (κ2) is 7.00. The van der Waals surface area contributed by atoms with E-state index in [9.17, 15) is 0 Å². The Labute approximate surface area is 107 Å². The van der Waals surface area contributed by atoms with Crippen molar-refractivity contribution in [1.29, 1.82) is 0 Å². The standard InChI is InChI=1S/C12H17Cl2NO/c1-9(8-15-2)5-6-16-12-7-10(13)3-4-11(12)14/h3-4,7,9,15H,5-6,8H2,1-2H3. The van der Waals surface area contributed by atoms with Crippen molar-refractivity contribution >= 4 is 23.2 Å². The molecule has 0 radical (unpaired) electrons. The van der Waals surface area contributed by atoms with E-state index in [4.69, 9.17) is 27.9 Å². The van der Waals surface area contributed by atoms with Gasteiger partial charge in [0.1, 0.15) is 5.75 Å². The molecule has 0 bridgehead atoms. The third-order valence-electron chi connectivity index (χ3n) is 2.31. The summed E-state index contributed by atoms with van der Waals surface area (Å²) < 4.78 is 5.59. The highest BCUT2D eigenvalue weighted by Crippen LogP contribution is 2.27. The van der Waals surface area contributed by atoms with Crippen molar-refractivity contribution in [3.05, 3.63) is 28.2 Å². The molecule has 0 saturated heterocycles. The van der Waals surface area contributed by atoms with E-state index < -0.39 is 0 Å². The minimum absolute atomic E-state index is 0.586. The normalized spacial score (nSPS) is 12.5. The van der Waals surface area contributed by atoms with E-state index in [1.807, 2.05) is 7.05 Å². The molecule has 2 nitrogen and oxygen atoms in total. The summed E-state index contributed by atoms with van der Waals surface area (Å²) in [7, 11) is 1.95. The van der Waals surface area contributed by atoms with Gasteiger partial charge < -0.3 is 10.1 Å². The average molecular weight is 262 g/mol. The lowest BCUT2D eigenvalue weighted by Crippen LogP contribution is -2.18. The molecule has 0 aliphatic carbocycles. The van der Waals surface area contributed by atoms with Crippen LogP contribution in [0.15, 0.2) is 18.2 Å². The quantitative estimate of drug-likeness (QED) is 0.845. The summed E-state index contributed by atoms with van der Waals surface area (Å²) >= 11 is 11.8. The van der Waals surface area contributed by atoms with E-state index in [1.165, 1.54) is 0 Å². The molecule has 1 rings (SSSR count). The molecular weight excluding hydrogens is 245 g/mol. The molecule has 0 amide bonds. The van der Waals surface area contributed by atoms with Crippen LogP contribution in [0.3, 0.4) is 0 Å². The summed E-state index contributed by atoms with van der Waals surface area (Å²) in [5.41, 5.74) is 0. The Balaban J connectivity index is 2.39. The van der Waals surface area contributed by atoms with Gasteiger partial charge >= 0.3 is 0 Å². The highest BCUT2D eigenvalue weighted by Gasteiger charge is 2.04. The van der Waals surface area contributed by atoms with Gasteiger partial charge in [-0.3, -0.25) is 0 Å². The van der Waals surface area contributed by atoms with Crippen LogP contribution in [0.1, 0.15) is 13.3 Å². The van der Waals surface area contributed by atoms with Crippen LogP contribution in [0.2, 0.25) is 10.0 Å². The maximum atomic E-state index is 5.98. The van der Waals surface area contributed by atoms with Gasteiger partial charge in [-0.1, -0.05) is 30.1 Å². The topological polar surface area (TPSA) is 21.3 Å². The first kappa shape index (κ1) is 13.6. The third kappa shape index (κ3) is 4.60. The van der Waals surface area contributed by atoms with Crippen molar-refractivity contribution in [2.24, 2.45) is 5.92 Å². The highest BCUT2D eigenvalue weighted by atomic mass is 35.5. The lowest BCUT2D eigenvalue weighted by atomic mass is 10.1. The summed E-state index contributed by atoms with van der Waals surface area (Å²) in [6.45, 7) is 3.83. The van der Waals surface area contributed by atoms with Gasteiger partial charge in [0.05, 0.1) is 11.6 Å². The van der Waals surface area contributed by atoms with Crippen LogP contribution in [0.5, 0.6) is 5.75 Å². The number of hydrogen-bond donors (Lipinski definition) is 1. The Bertz CT molecular complexity index is 331. The van der Waals surface area contributed by atoms with Crippen molar-refractivity contribution in [3.8, 4) is 5.75 Å². The molecule has 90 valence electrons. The number of hydrogen-bond acceptors (Lipinski definition) is 2. The fourth-order valence-corrected chi connectivity index (χ4v) is 1.74. The van der Waals surface area contributed by atoms with Crippen molar-refractivity contribution in [1.82, 2.24) is 5.32 Å². The monoisotopic (exact) mass is 261 g/mol. The van der Waals surface area contributed by atoms with Crippen molar-refractivity contribution in [2.45, 2.75) is 13.3 Å². The van der Waals surface area contributed by atoms with Crippen molar-refractivity contribution < 1.29 is 4.74 Å². The molecule has 1 unspecified atom stereocenters. The van der Waals surface area contributed by atoms with E-state index >= 15 is 0 Å². The van der Waals surface area contributed by atoms with Crippen LogP contribution in [-0.4, -0.2) is 20.2 Å². The molecule has 0 saturated carbocycles. The van der Waals surface area contributed by atoms with Gasteiger partial charge in [-0.25, -0.2) is 0 Å². The fraction of sp³-hybridized carbons (Fsp3) is 0.500. The molecule has 0 spiro atoms. The zero-order chi connectivity index (χ0) is 12.0. The van der Waals surface area contributed by atoms with E-state index in [2.05, 4.69) is 12.2 Å². The molecule has 1 aromatic rings. The molecule has 1 N–H and O–H groups in total. The van der Waals surface area contributed by atoms with Gasteiger partial charge in [-0.15, -0.1) is 0 Å². The largest absolute Gasteiger partial charge is 0.492 e. The molecule has 0 aliphatic rings. The summed E-state index contributed by atoms with van der Waals surface area (Å²) in [6.07, 6.45) is 0.990. The second-order valence-electron chi connectivity index (χ2n) is 3.87. The molecular formula is C12H17Cl2NO. The molecule has 0 aliphatic heterocycles. The zero-order valence-corrected chi connectivity index (χ0v) is 11.1. The first-order valence-corrected chi connectivity index (χ1v) is 6.11. The van der Waals surface area contributed by atoms with Crippen LogP contribution in [0.25, 0.3) is 0 Å². The van der Waals surface area contributed by atoms with Gasteiger partial charge in [-0.05, 0) is 38.1 Å². The fourth-order valence-electron chi connectivity index (χ4n) is 1.41. The van der Waals surface area contributed by atoms with Crippen molar-refractivity contribution in [3.63, 3.8) is 0 Å². The van der Waals surface area contributed by atoms with Crippen LogP contribution in [0, 0.1) is 5.92 Å². The first-order chi connectivity index (χ1) is 7.63. The molecule has 0 heterocycles. The Morgan fingerprint density at radius 3 is 2.81 bits per heavy atom. The highest BCUT2D eigenvalue weighted by molar-refractivity contribution is 6.34. The third-order valence-corrected chi connectivity index (χ3v) is 2.86. The lowest BCUT2D eigenvalue weighted by Gasteiger charge is -2.12. The smallest absolute Gasteiger partial charge is 0.139 e. The Hall–Kier alpha value is -0.440. The molecule has 4 heteroatoms. The Morgan fingerprint density at radius 2 is 2.12 bits per heavy atom. The van der Waals surface area contributed by atoms with Crippen LogP contribution < -0.4 is 10.1 Å². The van der Waals surface area contributed by atoms with Crippen LogP contribution >= 0.6 is 23.2 Å². The summed E-state index contributed by atoms with van der Waals surface area (Å²) in [5, 5.41) is 4.38. The molecule has 1 aromatic carbocycles. The predicted octanol–water partition coefficient (Wildman–Crippen LogP) is 3.62. The predicted molar refractivity (Wildman–Crippen MR) is 69.7 cm³/mol. The summed E-state index contributed by atoms with van der Waals surface area (Å²) in [5.74, 6) is 1.24. The minimum atomic E-state index is 0.586. The van der Waals surface area contributed by atoms with E-state index in [0.29, 0.717) is 28.3 Å². The van der Waals surface area contributed by atoms with Crippen LogP contribution in [0.4, 0.5) is 0 Å². The van der Waals surface area contributed by atoms with E-state index in [0.717, 1.165) is 13.0 Å². The average Bonchev–Trinajstić information content (AvgIpc) is 2.23. The summed E-state index contributed by atoms with van der Waals surface area (Å²) in [4.78, 5) is 0. The van der Waals surface area contributed by atoms with Crippen molar-refractivity contribution in [2.75, 3.05) is 20.2 Å². The minimum Gasteiger partial charge on any atom is -0.492 e. The Morgan fingerprint density at radius 1 is 1.38 bits per heavy atom. The first-order valence-electron chi connectivity index (χ1n) is 5.36. The van der Waals surface area contributed by atoms with Gasteiger partial charge in [0.15, 0.2) is 0 Å². The number of benzene rings is 1. The number of ether oxygens (including phenoxy) is 1.